The first-order valence-corrected chi connectivity index (χ1v) is 19.8. The summed E-state index contributed by atoms with van der Waals surface area (Å²) in [6.07, 6.45) is 4.10. The number of anilines is 3. The molecule has 4 aromatic rings. The maximum Gasteiger partial charge on any atom is 0.416 e. The van der Waals surface area contributed by atoms with Crippen molar-refractivity contribution in [3.63, 3.8) is 0 Å². The van der Waals surface area contributed by atoms with Crippen molar-refractivity contribution in [1.29, 1.82) is 0 Å². The van der Waals surface area contributed by atoms with Crippen molar-refractivity contribution in [2.24, 2.45) is 11.8 Å². The molecule has 2 N–H and O–H groups in total. The van der Waals surface area contributed by atoms with E-state index < -0.39 is 52.9 Å². The molecule has 59 heavy (non-hydrogen) atoms. The predicted octanol–water partition coefficient (Wildman–Crippen LogP) is 3.90. The number of halogens is 3. The number of amides is 5. The minimum absolute atomic E-state index is 0.0736. The number of rotatable bonds is 8. The second kappa shape index (κ2) is 14.4. The van der Waals surface area contributed by atoms with Crippen LogP contribution in [0.2, 0.25) is 0 Å². The SMILES string of the molecule is CC(C)(C(=O)Nc1ccc(C(F)(F)F)cc1-n1cccn1)n1cc(N2CCC(N3CC4CN(c5ccc6c(c5)C(=O)N(C5CCC(=O)NC5=O)C6=O)CC4C3)CC2)cn1. The van der Waals surface area contributed by atoms with E-state index >= 15 is 0 Å². The van der Waals surface area contributed by atoms with Crippen LogP contribution in [-0.4, -0.2) is 110 Å². The lowest BCUT2D eigenvalue weighted by molar-refractivity contribution is -0.138. The molecule has 5 aliphatic heterocycles. The van der Waals surface area contributed by atoms with Gasteiger partial charge in [-0.15, -0.1) is 0 Å². The number of fused-ring (bicyclic) bond motifs is 2. The molecule has 2 aromatic carbocycles. The third kappa shape index (κ3) is 6.91. The van der Waals surface area contributed by atoms with E-state index in [1.807, 2.05) is 12.3 Å². The van der Waals surface area contributed by atoms with Crippen LogP contribution in [0.5, 0.6) is 0 Å². The molecule has 0 bridgehead atoms. The van der Waals surface area contributed by atoms with Gasteiger partial charge in [-0.1, -0.05) is 0 Å². The molecular formula is C41H43F3N10O5. The van der Waals surface area contributed by atoms with E-state index in [4.69, 9.17) is 0 Å². The summed E-state index contributed by atoms with van der Waals surface area (Å²) < 4.78 is 43.5. The molecule has 5 aliphatic rings. The zero-order chi connectivity index (χ0) is 41.4. The topological polar surface area (TPSA) is 158 Å². The van der Waals surface area contributed by atoms with E-state index in [-0.39, 0.29) is 35.3 Å². The Kier molecular flexibility index (Phi) is 9.36. The Morgan fingerprint density at radius 2 is 1.58 bits per heavy atom. The summed E-state index contributed by atoms with van der Waals surface area (Å²) in [6.45, 7) is 8.66. The molecule has 2 aromatic heterocycles. The lowest BCUT2D eigenvalue weighted by Crippen LogP contribution is -2.54. The smallest absolute Gasteiger partial charge is 0.371 e. The fourth-order valence-corrected chi connectivity index (χ4v) is 9.26. The molecule has 7 heterocycles. The Balaban J connectivity index is 0.787. The van der Waals surface area contributed by atoms with Crippen molar-refractivity contribution in [2.75, 3.05) is 54.4 Å². The number of benzene rings is 2. The van der Waals surface area contributed by atoms with Crippen molar-refractivity contribution in [1.82, 2.24) is 34.7 Å². The van der Waals surface area contributed by atoms with Gasteiger partial charge in [0.1, 0.15) is 11.6 Å². The number of alkyl halides is 3. The highest BCUT2D eigenvalue weighted by Gasteiger charge is 2.46. The maximum atomic E-state index is 13.7. The van der Waals surface area contributed by atoms with Crippen LogP contribution < -0.4 is 20.4 Å². The molecule has 0 radical (unpaired) electrons. The van der Waals surface area contributed by atoms with Crippen LogP contribution in [-0.2, 0) is 26.1 Å². The van der Waals surface area contributed by atoms with Crippen LogP contribution in [0.3, 0.4) is 0 Å². The van der Waals surface area contributed by atoms with Crippen LogP contribution in [0.1, 0.15) is 65.8 Å². The monoisotopic (exact) mass is 812 g/mol. The number of hydrogen-bond acceptors (Lipinski definition) is 10. The van der Waals surface area contributed by atoms with Gasteiger partial charge in [-0.25, -0.2) is 4.68 Å². The molecule has 18 heteroatoms. The van der Waals surface area contributed by atoms with Crippen LogP contribution in [0.15, 0.2) is 67.3 Å². The number of aromatic nitrogens is 4. The largest absolute Gasteiger partial charge is 0.416 e. The van der Waals surface area contributed by atoms with Gasteiger partial charge in [0.05, 0.1) is 39.9 Å². The Morgan fingerprint density at radius 3 is 2.25 bits per heavy atom. The van der Waals surface area contributed by atoms with Gasteiger partial charge in [0, 0.05) is 76.0 Å². The van der Waals surface area contributed by atoms with Crippen molar-refractivity contribution in [3.8, 4) is 5.69 Å². The van der Waals surface area contributed by atoms with E-state index in [2.05, 4.69) is 35.5 Å². The van der Waals surface area contributed by atoms with E-state index in [0.717, 1.165) is 80.5 Å². The lowest BCUT2D eigenvalue weighted by Gasteiger charge is -2.38. The standard InChI is InChI=1S/C41H43F3N10O5/c1-40(2,39(59)47-32-7-4-26(41(42,43)44)16-34(32)52-13-3-12-45-52)53-23-29(18-46-53)49-14-10-27(11-15-49)50-19-24-21-51(22-25(24)20-50)28-5-6-30-31(17-28)38(58)54(37(30)57)33-8-9-35(55)48-36(33)56/h3-7,12-13,16-18,23-25,27,33H,8-11,14-15,19-22H2,1-2H3,(H,47,59)(H,48,55,56). The average molecular weight is 813 g/mol. The Hall–Kier alpha value is -6.04. The number of nitrogens with one attached hydrogen (secondary N) is 2. The first kappa shape index (κ1) is 38.5. The summed E-state index contributed by atoms with van der Waals surface area (Å²) in [5, 5.41) is 13.7. The van der Waals surface area contributed by atoms with Crippen LogP contribution in [0.25, 0.3) is 5.69 Å². The first-order valence-electron chi connectivity index (χ1n) is 19.8. The second-order valence-corrected chi connectivity index (χ2v) is 16.6. The average Bonchev–Trinajstić information content (AvgIpc) is 4.05. The molecular weight excluding hydrogens is 770 g/mol. The molecule has 3 atom stereocenters. The third-order valence-corrected chi connectivity index (χ3v) is 12.7. The minimum atomic E-state index is -4.56. The fraction of sp³-hybridized carbons (Fsp3) is 0.439. The molecule has 3 unspecified atom stereocenters. The molecule has 9 rings (SSSR count). The van der Waals surface area contributed by atoms with Crippen LogP contribution in [0.4, 0.5) is 30.2 Å². The Morgan fingerprint density at radius 1 is 0.847 bits per heavy atom. The summed E-state index contributed by atoms with van der Waals surface area (Å²) in [4.78, 5) is 72.5. The van der Waals surface area contributed by atoms with Gasteiger partial charge >= 0.3 is 6.18 Å². The normalized spacial score (nSPS) is 22.9. The second-order valence-electron chi connectivity index (χ2n) is 16.6. The van der Waals surface area contributed by atoms with Crippen LogP contribution >= 0.6 is 0 Å². The maximum absolute atomic E-state index is 13.7. The quantitative estimate of drug-likeness (QED) is 0.250. The molecule has 4 saturated heterocycles. The summed E-state index contributed by atoms with van der Waals surface area (Å²) >= 11 is 0. The Bertz CT molecular complexity index is 2340. The molecule has 5 amide bonds. The van der Waals surface area contributed by atoms with Gasteiger partial charge in [0.2, 0.25) is 11.8 Å². The van der Waals surface area contributed by atoms with Crippen LogP contribution in [0, 0.1) is 11.8 Å². The van der Waals surface area contributed by atoms with Gasteiger partial charge in [0.15, 0.2) is 0 Å². The van der Waals surface area contributed by atoms with E-state index in [1.165, 1.54) is 23.1 Å². The van der Waals surface area contributed by atoms with E-state index in [0.29, 0.717) is 17.9 Å². The number of imide groups is 2. The predicted molar refractivity (Wildman–Crippen MR) is 208 cm³/mol. The third-order valence-electron chi connectivity index (χ3n) is 12.7. The van der Waals surface area contributed by atoms with Gasteiger partial charge in [-0.3, -0.25) is 43.8 Å². The minimum Gasteiger partial charge on any atom is -0.371 e. The number of hydrogen-bond donors (Lipinski definition) is 2. The summed E-state index contributed by atoms with van der Waals surface area (Å²) in [5.74, 6) is -1.57. The number of carbonyl (C=O) groups excluding carboxylic acids is 5. The van der Waals surface area contributed by atoms with Crippen molar-refractivity contribution in [2.45, 2.75) is 63.3 Å². The zero-order valence-electron chi connectivity index (χ0n) is 32.5. The summed E-state index contributed by atoms with van der Waals surface area (Å²) in [7, 11) is 0. The molecule has 308 valence electrons. The molecule has 0 saturated carbocycles. The number of piperidine rings is 2. The van der Waals surface area contributed by atoms with E-state index in [9.17, 15) is 37.1 Å². The Labute approximate surface area is 337 Å². The van der Waals surface area contributed by atoms with Crippen molar-refractivity contribution in [3.05, 3.63) is 83.9 Å². The van der Waals surface area contributed by atoms with E-state index in [1.54, 1.807) is 42.9 Å². The van der Waals surface area contributed by atoms with Crippen molar-refractivity contribution < 1.29 is 37.1 Å². The van der Waals surface area contributed by atoms with Gasteiger partial charge in [0.25, 0.3) is 17.7 Å². The molecule has 15 nitrogen and oxygen atoms in total. The molecule has 0 spiro atoms. The summed E-state index contributed by atoms with van der Waals surface area (Å²) in [6, 6.07) is 9.46. The van der Waals surface area contributed by atoms with Gasteiger partial charge < -0.3 is 15.1 Å². The van der Waals surface area contributed by atoms with Gasteiger partial charge in [-0.2, -0.15) is 23.4 Å². The first-order chi connectivity index (χ1) is 28.2. The van der Waals surface area contributed by atoms with Crippen molar-refractivity contribution >= 4 is 46.6 Å². The summed E-state index contributed by atoms with van der Waals surface area (Å²) in [5.41, 5.74) is 0.584. The number of nitrogens with zero attached hydrogens (tertiary/aromatic N) is 8. The number of carbonyl (C=O) groups is 5. The molecule has 4 fully saturated rings. The van der Waals surface area contributed by atoms with Gasteiger partial charge in [-0.05, 0) is 87.4 Å². The lowest BCUT2D eigenvalue weighted by atomic mass is 10.0. The fourth-order valence-electron chi connectivity index (χ4n) is 9.26. The highest BCUT2D eigenvalue weighted by molar-refractivity contribution is 6.23. The highest BCUT2D eigenvalue weighted by atomic mass is 19.4. The molecule has 0 aliphatic carbocycles. The highest BCUT2D eigenvalue weighted by Crippen LogP contribution is 2.39. The zero-order valence-corrected chi connectivity index (χ0v) is 32.5. The number of likely N-dealkylation sites (tertiary alicyclic amines) is 1.